The highest BCUT2D eigenvalue weighted by Crippen LogP contribution is 2.31. The van der Waals surface area contributed by atoms with Gasteiger partial charge >= 0.3 is 0 Å². The van der Waals surface area contributed by atoms with Crippen molar-refractivity contribution < 1.29 is 4.74 Å². The Labute approximate surface area is 118 Å². The molecule has 0 aromatic carbocycles. The maximum absolute atomic E-state index is 6.05. The lowest BCUT2D eigenvalue weighted by atomic mass is 9.89. The molecule has 0 saturated carbocycles. The van der Waals surface area contributed by atoms with Crippen LogP contribution in [-0.2, 0) is 4.74 Å². The number of piperidine rings is 1. The van der Waals surface area contributed by atoms with Crippen LogP contribution in [0.4, 0.5) is 5.82 Å². The summed E-state index contributed by atoms with van der Waals surface area (Å²) in [5.41, 5.74) is 0.0450. The molecule has 3 rings (SSSR count). The zero-order valence-electron chi connectivity index (χ0n) is 11.2. The second-order valence-corrected chi connectivity index (χ2v) is 5.86. The van der Waals surface area contributed by atoms with Crippen molar-refractivity contribution in [3.8, 4) is 0 Å². The molecule has 0 radical (unpaired) electrons. The predicted molar refractivity (Wildman–Crippen MR) is 74.7 cm³/mol. The van der Waals surface area contributed by atoms with Gasteiger partial charge < -0.3 is 14.5 Å². The third-order valence-electron chi connectivity index (χ3n) is 4.06. The van der Waals surface area contributed by atoms with Gasteiger partial charge in [-0.3, -0.25) is 0 Å². The first kappa shape index (κ1) is 13.1. The highest BCUT2D eigenvalue weighted by molar-refractivity contribution is 6.29. The average Bonchev–Trinajstić information content (AvgIpc) is 2.41. The van der Waals surface area contributed by atoms with E-state index < -0.39 is 0 Å². The van der Waals surface area contributed by atoms with E-state index in [-0.39, 0.29) is 5.60 Å². The van der Waals surface area contributed by atoms with Crippen molar-refractivity contribution in [2.24, 2.45) is 0 Å². The van der Waals surface area contributed by atoms with Gasteiger partial charge in [-0.15, -0.1) is 10.2 Å². The van der Waals surface area contributed by atoms with Crippen molar-refractivity contribution in [2.45, 2.75) is 18.4 Å². The van der Waals surface area contributed by atoms with Crippen LogP contribution in [0, 0.1) is 0 Å². The van der Waals surface area contributed by atoms with Gasteiger partial charge in [0.1, 0.15) is 0 Å². The molecule has 1 aromatic heterocycles. The number of ether oxygens (including phenoxy) is 1. The van der Waals surface area contributed by atoms with E-state index in [4.69, 9.17) is 16.3 Å². The summed E-state index contributed by atoms with van der Waals surface area (Å²) in [5, 5.41) is 8.49. The molecule has 0 bridgehead atoms. The Balaban J connectivity index is 1.64. The fourth-order valence-electron chi connectivity index (χ4n) is 2.96. The highest BCUT2D eigenvalue weighted by atomic mass is 35.5. The minimum Gasteiger partial charge on any atom is -0.372 e. The highest BCUT2D eigenvalue weighted by Gasteiger charge is 2.38. The Morgan fingerprint density at radius 2 is 2.00 bits per heavy atom. The van der Waals surface area contributed by atoms with Crippen LogP contribution >= 0.6 is 11.6 Å². The third-order valence-corrected chi connectivity index (χ3v) is 4.26. The van der Waals surface area contributed by atoms with Crippen molar-refractivity contribution in [1.82, 2.24) is 15.1 Å². The van der Waals surface area contributed by atoms with Crippen LogP contribution in [0.25, 0.3) is 0 Å². The maximum atomic E-state index is 6.05. The van der Waals surface area contributed by atoms with Crippen LogP contribution in [0.3, 0.4) is 0 Å². The van der Waals surface area contributed by atoms with Crippen LogP contribution in [0.1, 0.15) is 12.8 Å². The molecule has 2 aliphatic heterocycles. The molecule has 1 spiro atoms. The van der Waals surface area contributed by atoms with Crippen LogP contribution in [0.2, 0.25) is 5.15 Å². The molecule has 0 N–H and O–H groups in total. The number of hydrogen-bond acceptors (Lipinski definition) is 5. The number of likely N-dealkylation sites (N-methyl/N-ethyl adjacent to an activating group) is 1. The van der Waals surface area contributed by atoms with Gasteiger partial charge in [0, 0.05) is 26.2 Å². The molecule has 19 heavy (non-hydrogen) atoms. The Kier molecular flexibility index (Phi) is 3.60. The molecule has 2 fully saturated rings. The van der Waals surface area contributed by atoms with E-state index in [0.717, 1.165) is 51.4 Å². The SMILES string of the molecule is CN1CCOC2(CCN(c3ccc(Cl)nn3)CC2)C1. The van der Waals surface area contributed by atoms with Crippen LogP contribution in [0.15, 0.2) is 12.1 Å². The molecule has 0 aliphatic carbocycles. The van der Waals surface area contributed by atoms with Gasteiger partial charge in [0.05, 0.1) is 12.2 Å². The molecule has 2 aliphatic rings. The summed E-state index contributed by atoms with van der Waals surface area (Å²) in [6.45, 7) is 4.84. The van der Waals surface area contributed by atoms with E-state index >= 15 is 0 Å². The topological polar surface area (TPSA) is 41.5 Å². The first-order chi connectivity index (χ1) is 9.17. The fraction of sp³-hybridized carbons (Fsp3) is 0.692. The second-order valence-electron chi connectivity index (χ2n) is 5.47. The molecular formula is C13H19ClN4O. The van der Waals surface area contributed by atoms with Gasteiger partial charge in [0.2, 0.25) is 0 Å². The molecule has 2 saturated heterocycles. The van der Waals surface area contributed by atoms with E-state index in [2.05, 4.69) is 27.0 Å². The molecule has 3 heterocycles. The van der Waals surface area contributed by atoms with Gasteiger partial charge in [0.15, 0.2) is 11.0 Å². The summed E-state index contributed by atoms with van der Waals surface area (Å²) < 4.78 is 6.05. The van der Waals surface area contributed by atoms with E-state index in [1.165, 1.54) is 0 Å². The number of hydrogen-bond donors (Lipinski definition) is 0. The maximum Gasteiger partial charge on any atom is 0.151 e. The van der Waals surface area contributed by atoms with Gasteiger partial charge in [0.25, 0.3) is 0 Å². The summed E-state index contributed by atoms with van der Waals surface area (Å²) in [6, 6.07) is 3.72. The lowest BCUT2D eigenvalue weighted by Gasteiger charge is -2.46. The smallest absolute Gasteiger partial charge is 0.151 e. The van der Waals surface area contributed by atoms with Crippen molar-refractivity contribution in [3.63, 3.8) is 0 Å². The molecule has 1 aromatic rings. The van der Waals surface area contributed by atoms with Crippen molar-refractivity contribution >= 4 is 17.4 Å². The second kappa shape index (κ2) is 5.23. The summed E-state index contributed by atoms with van der Waals surface area (Å²) in [4.78, 5) is 4.62. The van der Waals surface area contributed by atoms with E-state index in [1.807, 2.05) is 6.07 Å². The summed E-state index contributed by atoms with van der Waals surface area (Å²) in [6.07, 6.45) is 2.09. The summed E-state index contributed by atoms with van der Waals surface area (Å²) >= 11 is 5.77. The zero-order valence-corrected chi connectivity index (χ0v) is 11.9. The zero-order chi connectivity index (χ0) is 13.3. The van der Waals surface area contributed by atoms with Gasteiger partial charge in [-0.1, -0.05) is 11.6 Å². The van der Waals surface area contributed by atoms with E-state index in [1.54, 1.807) is 6.07 Å². The number of anilines is 1. The molecule has 0 atom stereocenters. The molecule has 0 unspecified atom stereocenters. The quantitative estimate of drug-likeness (QED) is 0.779. The predicted octanol–water partition coefficient (Wildman–Crippen LogP) is 1.43. The number of halogens is 1. The minimum atomic E-state index is 0.0450. The number of nitrogens with zero attached hydrogens (tertiary/aromatic N) is 4. The third kappa shape index (κ3) is 2.83. The standard InChI is InChI=1S/C13H19ClN4O/c1-17-8-9-19-13(10-17)4-6-18(7-5-13)12-3-2-11(14)15-16-12/h2-3H,4-10H2,1H3. The Bertz CT molecular complexity index is 431. The largest absolute Gasteiger partial charge is 0.372 e. The molecule has 104 valence electrons. The Morgan fingerprint density at radius 3 is 2.63 bits per heavy atom. The van der Waals surface area contributed by atoms with Crippen LogP contribution in [0.5, 0.6) is 0 Å². The van der Waals surface area contributed by atoms with Crippen molar-refractivity contribution in [3.05, 3.63) is 17.3 Å². The number of morpholine rings is 1. The molecular weight excluding hydrogens is 264 g/mol. The fourth-order valence-corrected chi connectivity index (χ4v) is 3.06. The summed E-state index contributed by atoms with van der Waals surface area (Å²) in [5.74, 6) is 0.906. The first-order valence-electron chi connectivity index (χ1n) is 6.74. The average molecular weight is 283 g/mol. The normalized spacial score (nSPS) is 23.8. The molecule has 5 nitrogen and oxygen atoms in total. The molecule has 0 amide bonds. The Hall–Kier alpha value is -0.910. The molecule has 6 heteroatoms. The van der Waals surface area contributed by atoms with Crippen LogP contribution in [-0.4, -0.2) is 60.5 Å². The number of rotatable bonds is 1. The van der Waals surface area contributed by atoms with E-state index in [9.17, 15) is 0 Å². The minimum absolute atomic E-state index is 0.0450. The summed E-state index contributed by atoms with van der Waals surface area (Å²) in [7, 11) is 2.17. The van der Waals surface area contributed by atoms with Gasteiger partial charge in [-0.25, -0.2) is 0 Å². The van der Waals surface area contributed by atoms with Crippen LogP contribution < -0.4 is 4.90 Å². The lowest BCUT2D eigenvalue weighted by Crippen LogP contribution is -2.56. The lowest BCUT2D eigenvalue weighted by molar-refractivity contribution is -0.115. The number of aromatic nitrogens is 2. The van der Waals surface area contributed by atoms with Crippen molar-refractivity contribution in [2.75, 3.05) is 44.7 Å². The first-order valence-corrected chi connectivity index (χ1v) is 7.11. The van der Waals surface area contributed by atoms with Gasteiger partial charge in [-0.05, 0) is 32.0 Å². The monoisotopic (exact) mass is 282 g/mol. The van der Waals surface area contributed by atoms with Crippen molar-refractivity contribution in [1.29, 1.82) is 0 Å². The van der Waals surface area contributed by atoms with Gasteiger partial charge in [-0.2, -0.15) is 0 Å². The Morgan fingerprint density at radius 1 is 1.21 bits per heavy atom. The van der Waals surface area contributed by atoms with E-state index in [0.29, 0.717) is 5.15 Å².